The molecule has 2 rings (SSSR count). The predicted molar refractivity (Wildman–Crippen MR) is 78.5 cm³/mol. The van der Waals surface area contributed by atoms with E-state index < -0.39 is 28.3 Å². The normalized spacial score (nSPS) is 21.2. The highest BCUT2D eigenvalue weighted by atomic mass is 32.2. The molecule has 6 nitrogen and oxygen atoms in total. The molecule has 2 atom stereocenters. The van der Waals surface area contributed by atoms with Gasteiger partial charge in [-0.25, -0.2) is 0 Å². The van der Waals surface area contributed by atoms with Crippen molar-refractivity contribution in [3.05, 3.63) is 42.2 Å². The molecule has 0 spiro atoms. The largest absolute Gasteiger partial charge is 0.492 e. The van der Waals surface area contributed by atoms with Crippen LogP contribution in [0.3, 0.4) is 0 Å². The quantitative estimate of drug-likeness (QED) is 0.608. The molecule has 7 heteroatoms. The number of benzene rings is 1. The second-order valence-corrected chi connectivity index (χ2v) is 6.60. The molecule has 0 saturated heterocycles. The highest BCUT2D eigenvalue weighted by Gasteiger charge is 2.29. The lowest BCUT2D eigenvalue weighted by molar-refractivity contribution is -0.154. The van der Waals surface area contributed by atoms with Crippen molar-refractivity contribution in [1.82, 2.24) is 0 Å². The monoisotopic (exact) mass is 326 g/mol. The third kappa shape index (κ3) is 4.32. The van der Waals surface area contributed by atoms with E-state index in [1.165, 1.54) is 25.3 Å². The molecule has 1 aromatic carbocycles. The molecule has 1 aromatic rings. The smallest absolute Gasteiger partial charge is 0.303 e. The van der Waals surface area contributed by atoms with Gasteiger partial charge in [0, 0.05) is 13.3 Å². The van der Waals surface area contributed by atoms with Gasteiger partial charge in [-0.2, -0.15) is 8.42 Å². The summed E-state index contributed by atoms with van der Waals surface area (Å²) in [7, 11) is -3.87. The van der Waals surface area contributed by atoms with Gasteiger partial charge in [0.1, 0.15) is 12.7 Å². The van der Waals surface area contributed by atoms with Gasteiger partial charge in [0.05, 0.1) is 11.2 Å². The van der Waals surface area contributed by atoms with Crippen LogP contribution in [0, 0.1) is 6.92 Å². The van der Waals surface area contributed by atoms with Gasteiger partial charge in [-0.05, 0) is 25.1 Å². The summed E-state index contributed by atoms with van der Waals surface area (Å²) in [6, 6.07) is 6.35. The first-order chi connectivity index (χ1) is 10.4. The molecule has 120 valence electrons. The summed E-state index contributed by atoms with van der Waals surface area (Å²) >= 11 is 0. The number of esters is 1. The van der Waals surface area contributed by atoms with E-state index in [1.54, 1.807) is 18.2 Å². The van der Waals surface area contributed by atoms with Crippen LogP contribution in [0.2, 0.25) is 0 Å². The van der Waals surface area contributed by atoms with Crippen LogP contribution in [0.4, 0.5) is 0 Å². The van der Waals surface area contributed by atoms with Gasteiger partial charge in [-0.3, -0.25) is 8.98 Å². The fourth-order valence-electron chi connectivity index (χ4n) is 2.00. The Morgan fingerprint density at radius 2 is 2.00 bits per heavy atom. The fourth-order valence-corrected chi connectivity index (χ4v) is 2.92. The van der Waals surface area contributed by atoms with Crippen LogP contribution in [0.1, 0.15) is 18.9 Å². The third-order valence-electron chi connectivity index (χ3n) is 3.15. The Bertz CT molecular complexity index is 647. The zero-order valence-electron chi connectivity index (χ0n) is 12.4. The summed E-state index contributed by atoms with van der Waals surface area (Å²) < 4.78 is 39.6. The van der Waals surface area contributed by atoms with Gasteiger partial charge in [-0.15, -0.1) is 0 Å². The molecule has 0 fully saturated rings. The van der Waals surface area contributed by atoms with Gasteiger partial charge in [0.15, 0.2) is 6.10 Å². The lowest BCUT2D eigenvalue weighted by atomic mass is 10.1. The van der Waals surface area contributed by atoms with Crippen LogP contribution in [-0.4, -0.2) is 33.2 Å². The number of hydrogen-bond acceptors (Lipinski definition) is 6. The van der Waals surface area contributed by atoms with Crippen molar-refractivity contribution < 1.29 is 26.9 Å². The average Bonchev–Trinajstić information content (AvgIpc) is 2.46. The zero-order valence-corrected chi connectivity index (χ0v) is 13.2. The predicted octanol–water partition coefficient (Wildman–Crippen LogP) is 1.93. The number of rotatable bonds is 5. The molecular weight excluding hydrogens is 308 g/mol. The van der Waals surface area contributed by atoms with E-state index in [0.29, 0.717) is 6.42 Å². The van der Waals surface area contributed by atoms with Gasteiger partial charge < -0.3 is 9.47 Å². The van der Waals surface area contributed by atoms with Gasteiger partial charge in [0.2, 0.25) is 0 Å². The lowest BCUT2D eigenvalue weighted by Gasteiger charge is -2.27. The highest BCUT2D eigenvalue weighted by molar-refractivity contribution is 7.86. The van der Waals surface area contributed by atoms with Gasteiger partial charge in [0.25, 0.3) is 10.1 Å². The van der Waals surface area contributed by atoms with Crippen LogP contribution in [0.5, 0.6) is 0 Å². The summed E-state index contributed by atoms with van der Waals surface area (Å²) in [6.07, 6.45) is 2.40. The van der Waals surface area contributed by atoms with E-state index in [2.05, 4.69) is 0 Å². The number of carbonyl (C=O) groups excluding carboxylic acids is 1. The first kappa shape index (κ1) is 16.5. The minimum absolute atomic E-state index is 0.0773. The molecule has 0 N–H and O–H groups in total. The van der Waals surface area contributed by atoms with Crippen LogP contribution >= 0.6 is 0 Å². The molecule has 0 amide bonds. The SMILES string of the molecule is CC(=O)O[C@H]1CC=CO[C@@H]1COS(=O)(=O)c1ccc(C)cc1. The fraction of sp³-hybridized carbons (Fsp3) is 0.400. The minimum Gasteiger partial charge on any atom is -0.492 e. The number of aryl methyl sites for hydroxylation is 1. The Morgan fingerprint density at radius 3 is 2.64 bits per heavy atom. The molecule has 0 unspecified atom stereocenters. The van der Waals surface area contributed by atoms with Crippen LogP contribution in [0.15, 0.2) is 41.5 Å². The van der Waals surface area contributed by atoms with Crippen molar-refractivity contribution >= 4 is 16.1 Å². The minimum atomic E-state index is -3.87. The first-order valence-corrected chi connectivity index (χ1v) is 8.23. The zero-order chi connectivity index (χ0) is 16.2. The van der Waals surface area contributed by atoms with Crippen molar-refractivity contribution in [3.63, 3.8) is 0 Å². The second kappa shape index (κ2) is 6.93. The summed E-state index contributed by atoms with van der Waals surface area (Å²) in [6.45, 7) is 2.93. The number of ether oxygens (including phenoxy) is 2. The molecule has 0 aromatic heterocycles. The summed E-state index contributed by atoms with van der Waals surface area (Å²) in [5.74, 6) is -0.449. The molecule has 0 radical (unpaired) electrons. The average molecular weight is 326 g/mol. The summed E-state index contributed by atoms with van der Waals surface area (Å²) in [4.78, 5) is 11.1. The lowest BCUT2D eigenvalue weighted by Crippen LogP contribution is -2.37. The van der Waals surface area contributed by atoms with Crippen molar-refractivity contribution in [2.24, 2.45) is 0 Å². The molecule has 1 heterocycles. The Morgan fingerprint density at radius 1 is 1.32 bits per heavy atom. The Hall–Kier alpha value is -1.86. The van der Waals surface area contributed by atoms with Crippen LogP contribution < -0.4 is 0 Å². The third-order valence-corrected chi connectivity index (χ3v) is 4.44. The van der Waals surface area contributed by atoms with Crippen LogP contribution in [0.25, 0.3) is 0 Å². The molecule has 0 saturated carbocycles. The van der Waals surface area contributed by atoms with E-state index in [9.17, 15) is 13.2 Å². The van der Waals surface area contributed by atoms with Crippen molar-refractivity contribution in [2.75, 3.05) is 6.61 Å². The molecule has 0 aliphatic carbocycles. The summed E-state index contributed by atoms with van der Waals surface area (Å²) in [5.41, 5.74) is 0.953. The Labute approximate surface area is 129 Å². The van der Waals surface area contributed by atoms with Crippen molar-refractivity contribution in [3.8, 4) is 0 Å². The molecular formula is C15H18O6S. The maximum atomic E-state index is 12.1. The maximum Gasteiger partial charge on any atom is 0.303 e. The van der Waals surface area contributed by atoms with E-state index in [4.69, 9.17) is 13.7 Å². The number of carbonyl (C=O) groups is 1. The van der Waals surface area contributed by atoms with E-state index in [1.807, 2.05) is 6.92 Å². The molecule has 1 aliphatic heterocycles. The van der Waals surface area contributed by atoms with E-state index in [-0.39, 0.29) is 11.5 Å². The standard InChI is InChI=1S/C15H18O6S/c1-11-5-7-13(8-6-11)22(17,18)20-10-15-14(21-12(2)16)4-3-9-19-15/h3,5-9,14-15H,4,10H2,1-2H3/t14-,15+/m0/s1. The topological polar surface area (TPSA) is 78.9 Å². The summed E-state index contributed by atoms with van der Waals surface area (Å²) in [5, 5.41) is 0. The van der Waals surface area contributed by atoms with E-state index >= 15 is 0 Å². The van der Waals surface area contributed by atoms with E-state index in [0.717, 1.165) is 5.56 Å². The molecule has 22 heavy (non-hydrogen) atoms. The Kier molecular flexibility index (Phi) is 5.20. The van der Waals surface area contributed by atoms with Crippen LogP contribution in [-0.2, 0) is 28.6 Å². The maximum absolute atomic E-state index is 12.1. The molecule has 0 bridgehead atoms. The van der Waals surface area contributed by atoms with Crippen molar-refractivity contribution in [2.45, 2.75) is 37.4 Å². The van der Waals surface area contributed by atoms with Gasteiger partial charge in [-0.1, -0.05) is 17.7 Å². The Balaban J connectivity index is 2.02. The first-order valence-electron chi connectivity index (χ1n) is 6.82. The van der Waals surface area contributed by atoms with Gasteiger partial charge >= 0.3 is 5.97 Å². The number of hydrogen-bond donors (Lipinski definition) is 0. The second-order valence-electron chi connectivity index (χ2n) is 4.98. The highest BCUT2D eigenvalue weighted by Crippen LogP contribution is 2.19. The molecule has 1 aliphatic rings. The van der Waals surface area contributed by atoms with Crippen molar-refractivity contribution in [1.29, 1.82) is 0 Å².